The molecular formula is C27H33IO5. The van der Waals surface area contributed by atoms with Crippen LogP contribution in [0.3, 0.4) is 0 Å². The van der Waals surface area contributed by atoms with Crippen molar-refractivity contribution in [2.75, 3.05) is 0 Å². The van der Waals surface area contributed by atoms with E-state index in [1.54, 1.807) is 6.92 Å². The molecule has 33 heavy (non-hydrogen) atoms. The fourth-order valence-electron chi connectivity index (χ4n) is 6.44. The first-order chi connectivity index (χ1) is 15.9. The molecule has 2 aromatic rings. The number of halogens is 1. The van der Waals surface area contributed by atoms with Crippen LogP contribution in [0.4, 0.5) is 0 Å². The molecule has 6 heteroatoms. The van der Waals surface area contributed by atoms with Gasteiger partial charge in [0.15, 0.2) is 0 Å². The first-order valence-corrected chi connectivity index (χ1v) is 13.2. The van der Waals surface area contributed by atoms with Gasteiger partial charge in [0.25, 0.3) is 0 Å². The fraction of sp³-hybridized carbons (Fsp3) is 0.556. The maximum atomic E-state index is 11.0. The summed E-state index contributed by atoms with van der Waals surface area (Å²) in [7, 11) is 0. The van der Waals surface area contributed by atoms with Crippen molar-refractivity contribution in [3.05, 3.63) is 71.8 Å². The Morgan fingerprint density at radius 2 is 1.55 bits per heavy atom. The number of hydrogen-bond acceptors (Lipinski definition) is 5. The molecule has 10 atom stereocenters. The van der Waals surface area contributed by atoms with Gasteiger partial charge in [0.2, 0.25) is 0 Å². The molecule has 0 spiro atoms. The minimum absolute atomic E-state index is 0.00286. The molecule has 0 amide bonds. The van der Waals surface area contributed by atoms with Gasteiger partial charge in [0.05, 0.1) is 47.7 Å². The van der Waals surface area contributed by atoms with E-state index in [0.717, 1.165) is 11.1 Å². The van der Waals surface area contributed by atoms with E-state index in [1.807, 2.05) is 36.4 Å². The van der Waals surface area contributed by atoms with Crippen molar-refractivity contribution < 1.29 is 24.4 Å². The molecule has 2 saturated carbocycles. The predicted molar refractivity (Wildman–Crippen MR) is 134 cm³/mol. The average Bonchev–Trinajstić information content (AvgIpc) is 3.03. The quantitative estimate of drug-likeness (QED) is 0.391. The van der Waals surface area contributed by atoms with E-state index in [2.05, 4.69) is 53.8 Å². The predicted octanol–water partition coefficient (Wildman–Crippen LogP) is 4.13. The van der Waals surface area contributed by atoms with Crippen LogP contribution in [0.25, 0.3) is 0 Å². The largest absolute Gasteiger partial charge is 0.392 e. The van der Waals surface area contributed by atoms with Crippen LogP contribution in [-0.2, 0) is 27.4 Å². The van der Waals surface area contributed by atoms with Crippen LogP contribution in [-0.4, -0.2) is 50.3 Å². The van der Waals surface area contributed by atoms with Crippen molar-refractivity contribution in [3.8, 4) is 0 Å². The molecule has 2 N–H and O–H groups in total. The molecule has 3 fully saturated rings. The molecular weight excluding hydrogens is 531 g/mol. The Morgan fingerprint density at radius 3 is 2.09 bits per heavy atom. The van der Waals surface area contributed by atoms with E-state index < -0.39 is 17.8 Å². The van der Waals surface area contributed by atoms with E-state index in [-0.39, 0.29) is 40.0 Å². The Hall–Kier alpha value is -1.03. The van der Waals surface area contributed by atoms with Crippen molar-refractivity contribution in [1.29, 1.82) is 0 Å². The zero-order chi connectivity index (χ0) is 23.2. The van der Waals surface area contributed by atoms with Gasteiger partial charge in [-0.05, 0) is 30.4 Å². The monoisotopic (exact) mass is 564 g/mol. The molecule has 1 heterocycles. The molecule has 1 saturated heterocycles. The van der Waals surface area contributed by atoms with E-state index in [1.165, 1.54) is 0 Å². The summed E-state index contributed by atoms with van der Waals surface area (Å²) in [6.07, 6.45) is -1.11. The van der Waals surface area contributed by atoms with Gasteiger partial charge in [0.1, 0.15) is 5.60 Å². The van der Waals surface area contributed by atoms with E-state index in [0.29, 0.717) is 19.6 Å². The lowest BCUT2D eigenvalue weighted by Gasteiger charge is -2.52. The number of aliphatic hydroxyl groups excluding tert-OH is 2. The Labute approximate surface area is 209 Å². The molecule has 178 valence electrons. The van der Waals surface area contributed by atoms with Gasteiger partial charge in [-0.15, -0.1) is 0 Å². The maximum absolute atomic E-state index is 11.0. The summed E-state index contributed by atoms with van der Waals surface area (Å²) in [4.78, 5) is 0. The highest BCUT2D eigenvalue weighted by molar-refractivity contribution is 14.1. The second kappa shape index (κ2) is 9.55. The number of ether oxygens (including phenoxy) is 3. The molecule has 0 aromatic heterocycles. The highest BCUT2D eigenvalue weighted by Gasteiger charge is 2.72. The van der Waals surface area contributed by atoms with Gasteiger partial charge in [-0.25, -0.2) is 0 Å². The third kappa shape index (κ3) is 4.06. The zero-order valence-corrected chi connectivity index (χ0v) is 21.2. The smallest absolute Gasteiger partial charge is 0.114 e. The van der Waals surface area contributed by atoms with Crippen LogP contribution in [0.2, 0.25) is 0 Å². The van der Waals surface area contributed by atoms with Crippen LogP contribution >= 0.6 is 22.6 Å². The molecule has 2 aliphatic carbocycles. The first kappa shape index (κ1) is 23.7. The summed E-state index contributed by atoms with van der Waals surface area (Å²) in [5, 5.41) is 21.9. The fourth-order valence-corrected chi connectivity index (χ4v) is 7.81. The van der Waals surface area contributed by atoms with Gasteiger partial charge >= 0.3 is 0 Å². The highest BCUT2D eigenvalue weighted by atomic mass is 127. The Bertz CT molecular complexity index is 925. The lowest BCUT2D eigenvalue weighted by atomic mass is 9.59. The minimum Gasteiger partial charge on any atom is -0.392 e. The van der Waals surface area contributed by atoms with Crippen molar-refractivity contribution in [2.24, 2.45) is 17.8 Å². The lowest BCUT2D eigenvalue weighted by Crippen LogP contribution is -2.65. The number of benzene rings is 2. The molecule has 0 radical (unpaired) electrons. The first-order valence-electron chi connectivity index (χ1n) is 11.9. The van der Waals surface area contributed by atoms with Gasteiger partial charge in [-0.2, -0.15) is 0 Å². The summed E-state index contributed by atoms with van der Waals surface area (Å²) in [5.74, 6) is 0.171. The molecule has 1 aliphatic heterocycles. The highest BCUT2D eigenvalue weighted by Crippen LogP contribution is 2.61. The van der Waals surface area contributed by atoms with Crippen molar-refractivity contribution >= 4 is 22.6 Å². The van der Waals surface area contributed by atoms with Crippen molar-refractivity contribution in [1.82, 2.24) is 0 Å². The van der Waals surface area contributed by atoms with Crippen LogP contribution in [0.15, 0.2) is 60.7 Å². The van der Waals surface area contributed by atoms with Gasteiger partial charge < -0.3 is 24.4 Å². The average molecular weight is 564 g/mol. The minimum atomic E-state index is -0.853. The zero-order valence-electron chi connectivity index (χ0n) is 19.1. The van der Waals surface area contributed by atoms with E-state index in [9.17, 15) is 10.2 Å². The molecule has 0 unspecified atom stereocenters. The summed E-state index contributed by atoms with van der Waals surface area (Å²) in [6.45, 7) is 4.97. The number of aliphatic hydroxyl groups is 2. The van der Waals surface area contributed by atoms with Crippen molar-refractivity contribution in [3.63, 3.8) is 0 Å². The lowest BCUT2D eigenvalue weighted by molar-refractivity contribution is -0.160. The normalized spacial score (nSPS) is 40.5. The molecule has 5 nitrogen and oxygen atoms in total. The SMILES string of the molecule is C[C@H]1[C@@H](OCc2ccccc2)[C@@H]2O[C@]3([C@@H](C)O)[C@@H]([C@H]2C[C@H](O)[C@@H]3I)[C@@H]1OCc1ccccc1. The van der Waals surface area contributed by atoms with Crippen LogP contribution < -0.4 is 0 Å². The van der Waals surface area contributed by atoms with Crippen molar-refractivity contribution in [2.45, 2.75) is 73.5 Å². The number of alkyl halides is 1. The second-order valence-corrected chi connectivity index (χ2v) is 11.2. The third-order valence-corrected chi connectivity index (χ3v) is 9.77. The Kier molecular flexibility index (Phi) is 6.86. The molecule has 3 aliphatic rings. The molecule has 2 aromatic carbocycles. The molecule has 4 bridgehead atoms. The number of hydrogen-bond donors (Lipinski definition) is 2. The van der Waals surface area contributed by atoms with E-state index >= 15 is 0 Å². The van der Waals surface area contributed by atoms with Crippen LogP contribution in [0, 0.1) is 17.8 Å². The summed E-state index contributed by atoms with van der Waals surface area (Å²) < 4.78 is 19.7. The Balaban J connectivity index is 1.47. The maximum Gasteiger partial charge on any atom is 0.114 e. The Morgan fingerprint density at radius 1 is 1.00 bits per heavy atom. The standard InChI is InChI=1S/C27H33IO5/c1-16-23(31-14-18-9-5-3-6-10-18)22-20-13-21(30)26(28)27(22,17(2)29)33-25(20)24(16)32-15-19-11-7-4-8-12-19/h3-12,16-17,20-26,29-30H,13-15H2,1-2H3/t16-,17-,20-,21+,22+,23-,24-,25-,26+,27-/m1/s1. The second-order valence-electron chi connectivity index (χ2n) is 9.89. The number of rotatable bonds is 7. The van der Waals surface area contributed by atoms with Gasteiger partial charge in [0, 0.05) is 11.8 Å². The van der Waals surface area contributed by atoms with Crippen LogP contribution in [0.1, 0.15) is 31.4 Å². The third-order valence-electron chi connectivity index (χ3n) is 7.96. The molecule has 5 rings (SSSR count). The summed E-state index contributed by atoms with van der Waals surface area (Å²) >= 11 is 2.28. The summed E-state index contributed by atoms with van der Waals surface area (Å²) in [5.41, 5.74) is 1.38. The van der Waals surface area contributed by atoms with Gasteiger partial charge in [-0.1, -0.05) is 90.2 Å². The van der Waals surface area contributed by atoms with E-state index in [4.69, 9.17) is 14.2 Å². The van der Waals surface area contributed by atoms with Gasteiger partial charge in [-0.3, -0.25) is 0 Å². The van der Waals surface area contributed by atoms with Crippen LogP contribution in [0.5, 0.6) is 0 Å². The topological polar surface area (TPSA) is 68.2 Å². The summed E-state index contributed by atoms with van der Waals surface area (Å²) in [6, 6.07) is 20.4.